The van der Waals surface area contributed by atoms with Gasteiger partial charge in [0.05, 0.1) is 41.7 Å². The zero-order valence-electron chi connectivity index (χ0n) is 18.7. The fraction of sp³-hybridized carbons (Fsp3) is 0.200. The van der Waals surface area contributed by atoms with Gasteiger partial charge in [-0.2, -0.15) is 5.26 Å². The molecule has 0 bridgehead atoms. The number of benzene rings is 2. The van der Waals surface area contributed by atoms with Crippen LogP contribution < -0.4 is 11.1 Å². The lowest BCUT2D eigenvalue weighted by molar-refractivity contribution is -0.142. The number of thioether (sulfide) groups is 1. The third kappa shape index (κ3) is 4.63. The summed E-state index contributed by atoms with van der Waals surface area (Å²) in [5, 5.41) is 12.1. The van der Waals surface area contributed by atoms with Crippen LogP contribution in [-0.4, -0.2) is 35.0 Å². The monoisotopic (exact) mass is 492 g/mol. The summed E-state index contributed by atoms with van der Waals surface area (Å²) in [6.07, 6.45) is -0.237. The lowest BCUT2D eigenvalue weighted by atomic mass is 9.82. The predicted octanol–water partition coefficient (Wildman–Crippen LogP) is 2.65. The van der Waals surface area contributed by atoms with Gasteiger partial charge >= 0.3 is 5.97 Å². The van der Waals surface area contributed by atoms with Crippen molar-refractivity contribution in [3.05, 3.63) is 93.5 Å². The van der Waals surface area contributed by atoms with Gasteiger partial charge in [0, 0.05) is 6.54 Å². The second-order valence-electron chi connectivity index (χ2n) is 7.85. The standard InChI is InChI=1S/C25H21FN4O4S/c1-34-19(31)11-18-24(33)30-22(28)17(12-27)20(15-8-5-9-16(26)10-15)21(25(30)35-18)23(32)29-13-14-6-3-2-4-7-14/h2-10,18,20H,11,13,28H2,1H3,(H,29,32)/t18-,20+/m0/s1. The Morgan fingerprint density at radius 2 is 1.97 bits per heavy atom. The highest BCUT2D eigenvalue weighted by molar-refractivity contribution is 8.04. The van der Waals surface area contributed by atoms with Crippen LogP contribution >= 0.6 is 11.8 Å². The number of amides is 2. The topological polar surface area (TPSA) is 126 Å². The maximum absolute atomic E-state index is 14.2. The van der Waals surface area contributed by atoms with Crippen molar-refractivity contribution in [2.24, 2.45) is 5.73 Å². The van der Waals surface area contributed by atoms with Gasteiger partial charge in [-0.25, -0.2) is 4.39 Å². The summed E-state index contributed by atoms with van der Waals surface area (Å²) in [4.78, 5) is 39.7. The van der Waals surface area contributed by atoms with Gasteiger partial charge in [-0.05, 0) is 23.3 Å². The Morgan fingerprint density at radius 3 is 2.63 bits per heavy atom. The van der Waals surface area contributed by atoms with E-state index in [1.54, 1.807) is 6.07 Å². The minimum Gasteiger partial charge on any atom is -0.469 e. The van der Waals surface area contributed by atoms with Crippen LogP contribution in [0, 0.1) is 17.1 Å². The van der Waals surface area contributed by atoms with E-state index in [0.29, 0.717) is 5.56 Å². The first-order valence-electron chi connectivity index (χ1n) is 10.6. The van der Waals surface area contributed by atoms with Crippen molar-refractivity contribution in [3.8, 4) is 6.07 Å². The number of ether oxygens (including phenoxy) is 1. The van der Waals surface area contributed by atoms with Crippen LogP contribution in [0.4, 0.5) is 4.39 Å². The summed E-state index contributed by atoms with van der Waals surface area (Å²) in [5.41, 5.74) is 7.47. The van der Waals surface area contributed by atoms with Gasteiger partial charge in [0.2, 0.25) is 5.91 Å². The first kappa shape index (κ1) is 24.0. The molecule has 2 aliphatic rings. The summed E-state index contributed by atoms with van der Waals surface area (Å²) < 4.78 is 18.8. The summed E-state index contributed by atoms with van der Waals surface area (Å²) in [6, 6.07) is 16.7. The van der Waals surface area contributed by atoms with Crippen molar-refractivity contribution < 1.29 is 23.5 Å². The summed E-state index contributed by atoms with van der Waals surface area (Å²) in [7, 11) is 1.21. The fourth-order valence-corrected chi connectivity index (χ4v) is 5.36. The molecule has 178 valence electrons. The molecule has 8 nitrogen and oxygen atoms in total. The van der Waals surface area contributed by atoms with Crippen LogP contribution in [0.15, 0.2) is 76.6 Å². The number of rotatable bonds is 6. The molecule has 0 radical (unpaired) electrons. The molecule has 1 saturated heterocycles. The van der Waals surface area contributed by atoms with Gasteiger partial charge in [-0.1, -0.05) is 54.2 Å². The van der Waals surface area contributed by atoms with Crippen LogP contribution in [0.25, 0.3) is 0 Å². The molecular formula is C25H21FN4O4S. The molecule has 0 saturated carbocycles. The average molecular weight is 493 g/mol. The van der Waals surface area contributed by atoms with Crippen molar-refractivity contribution in [1.29, 1.82) is 5.26 Å². The van der Waals surface area contributed by atoms with Crippen LogP contribution in [0.3, 0.4) is 0 Å². The molecule has 4 rings (SSSR count). The molecular weight excluding hydrogens is 471 g/mol. The first-order chi connectivity index (χ1) is 16.8. The number of carbonyl (C=O) groups is 3. The van der Waals surface area contributed by atoms with Gasteiger partial charge < -0.3 is 15.8 Å². The lowest BCUT2D eigenvalue weighted by Gasteiger charge is -2.32. The number of carbonyl (C=O) groups excluding carboxylic acids is 3. The van der Waals surface area contributed by atoms with Crippen molar-refractivity contribution in [1.82, 2.24) is 10.2 Å². The third-order valence-corrected chi connectivity index (χ3v) is 6.98. The molecule has 2 aliphatic heterocycles. The predicted molar refractivity (Wildman–Crippen MR) is 126 cm³/mol. The van der Waals surface area contributed by atoms with E-state index in [0.717, 1.165) is 22.2 Å². The molecule has 2 atom stereocenters. The highest BCUT2D eigenvalue weighted by Crippen LogP contribution is 2.49. The number of nitrogens with one attached hydrogen (secondary N) is 1. The Bertz CT molecular complexity index is 1300. The molecule has 2 amide bonds. The first-order valence-corrected chi connectivity index (χ1v) is 11.5. The van der Waals surface area contributed by atoms with E-state index in [4.69, 9.17) is 10.5 Å². The van der Waals surface area contributed by atoms with Crippen LogP contribution in [0.2, 0.25) is 0 Å². The van der Waals surface area contributed by atoms with Gasteiger partial charge in [-0.15, -0.1) is 0 Å². The number of halogens is 1. The number of nitrogens with zero attached hydrogens (tertiary/aromatic N) is 2. The zero-order chi connectivity index (χ0) is 25.1. The Labute approximate surface area is 205 Å². The van der Waals surface area contributed by atoms with E-state index in [-0.39, 0.29) is 35.0 Å². The van der Waals surface area contributed by atoms with E-state index >= 15 is 0 Å². The van der Waals surface area contributed by atoms with Crippen molar-refractivity contribution >= 4 is 29.5 Å². The van der Waals surface area contributed by atoms with Gasteiger partial charge in [0.1, 0.15) is 16.9 Å². The Hall–Kier alpha value is -4.10. The average Bonchev–Trinajstić information content (AvgIpc) is 3.18. The SMILES string of the molecule is COC(=O)C[C@@H]1SC2=C(C(=O)NCc3ccccc3)[C@H](c3cccc(F)c3)C(C#N)=C(N)N2C1=O. The Morgan fingerprint density at radius 1 is 1.23 bits per heavy atom. The quantitative estimate of drug-likeness (QED) is 0.594. The molecule has 3 N–H and O–H groups in total. The minimum absolute atomic E-state index is 0.0584. The largest absolute Gasteiger partial charge is 0.469 e. The summed E-state index contributed by atoms with van der Waals surface area (Å²) in [5.74, 6) is -3.38. The highest BCUT2D eigenvalue weighted by atomic mass is 32.2. The van der Waals surface area contributed by atoms with E-state index in [9.17, 15) is 24.0 Å². The smallest absolute Gasteiger partial charge is 0.307 e. The van der Waals surface area contributed by atoms with E-state index in [1.165, 1.54) is 25.3 Å². The van der Waals surface area contributed by atoms with Crippen LogP contribution in [0.1, 0.15) is 23.5 Å². The molecule has 1 fully saturated rings. The van der Waals surface area contributed by atoms with Crippen molar-refractivity contribution in [2.45, 2.75) is 24.1 Å². The number of hydrogen-bond donors (Lipinski definition) is 2. The van der Waals surface area contributed by atoms with Crippen LogP contribution in [0.5, 0.6) is 0 Å². The van der Waals surface area contributed by atoms with E-state index in [1.807, 2.05) is 36.4 Å². The number of methoxy groups -OCH3 is 1. The number of allylic oxidation sites excluding steroid dienone is 1. The molecule has 0 aliphatic carbocycles. The molecule has 35 heavy (non-hydrogen) atoms. The maximum Gasteiger partial charge on any atom is 0.307 e. The fourth-order valence-electron chi connectivity index (χ4n) is 4.04. The van der Waals surface area contributed by atoms with E-state index in [2.05, 4.69) is 5.32 Å². The number of fused-ring (bicyclic) bond motifs is 1. The van der Waals surface area contributed by atoms with E-state index < -0.39 is 34.8 Å². The second-order valence-corrected chi connectivity index (χ2v) is 9.04. The van der Waals surface area contributed by atoms with Crippen molar-refractivity contribution in [3.63, 3.8) is 0 Å². The van der Waals surface area contributed by atoms with Crippen LogP contribution in [-0.2, 0) is 25.7 Å². The van der Waals surface area contributed by atoms with Gasteiger partial charge in [0.25, 0.3) is 5.91 Å². The van der Waals surface area contributed by atoms with Gasteiger partial charge in [0.15, 0.2) is 0 Å². The normalized spacial score (nSPS) is 19.3. The molecule has 2 heterocycles. The van der Waals surface area contributed by atoms with Gasteiger partial charge in [-0.3, -0.25) is 19.3 Å². The molecule has 0 spiro atoms. The number of hydrogen-bond acceptors (Lipinski definition) is 7. The maximum atomic E-state index is 14.2. The third-order valence-electron chi connectivity index (χ3n) is 5.70. The van der Waals surface area contributed by atoms with Crippen molar-refractivity contribution in [2.75, 3.05) is 7.11 Å². The molecule has 2 aromatic rings. The second kappa shape index (κ2) is 10.0. The Balaban J connectivity index is 1.82. The number of nitriles is 1. The molecule has 10 heteroatoms. The number of esters is 1. The summed E-state index contributed by atoms with van der Waals surface area (Å²) >= 11 is 1.00. The minimum atomic E-state index is -1.00. The lowest BCUT2D eigenvalue weighted by Crippen LogP contribution is -2.40. The Kier molecular flexibility index (Phi) is 6.89. The zero-order valence-corrected chi connectivity index (χ0v) is 19.5. The molecule has 0 unspecified atom stereocenters. The number of nitrogens with two attached hydrogens (primary N) is 1. The molecule has 0 aromatic heterocycles. The highest BCUT2D eigenvalue weighted by Gasteiger charge is 2.48. The summed E-state index contributed by atoms with van der Waals surface area (Å²) in [6.45, 7) is 0.192. The molecule has 2 aromatic carbocycles.